The van der Waals surface area contributed by atoms with Crippen LogP contribution in [-0.2, 0) is 10.5 Å². The van der Waals surface area contributed by atoms with Crippen LogP contribution in [0.25, 0.3) is 10.8 Å². The second kappa shape index (κ2) is 6.15. The third-order valence-corrected chi connectivity index (χ3v) is 4.22. The van der Waals surface area contributed by atoms with Crippen LogP contribution in [0, 0.1) is 0 Å². The molecule has 0 radical (unpaired) electrons. The lowest BCUT2D eigenvalue weighted by atomic mass is 10.4. The van der Waals surface area contributed by atoms with E-state index in [0.717, 1.165) is 4.88 Å². The molecule has 3 aromatic heterocycles. The Morgan fingerprint density at radius 1 is 1.33 bits per heavy atom. The van der Waals surface area contributed by atoms with Crippen molar-refractivity contribution in [3.8, 4) is 10.8 Å². The number of nitrogens with zero attached hydrogens (tertiary/aromatic N) is 2. The quantitative estimate of drug-likeness (QED) is 0.525. The number of rotatable bonds is 5. The Balaban J connectivity index is 1.63. The van der Waals surface area contributed by atoms with Crippen molar-refractivity contribution in [1.29, 1.82) is 0 Å². The van der Waals surface area contributed by atoms with Gasteiger partial charge in [-0.1, -0.05) is 17.8 Å². The largest absolute Gasteiger partial charge is 0.463 e. The number of hydrogen-bond donors (Lipinski definition) is 0. The molecule has 0 spiro atoms. The molecule has 0 saturated carbocycles. The number of carbonyl (C=O) groups excluding carboxylic acids is 1. The van der Waals surface area contributed by atoms with Crippen LogP contribution in [0.1, 0.15) is 16.3 Å². The molecule has 0 saturated heterocycles. The van der Waals surface area contributed by atoms with E-state index in [1.807, 2.05) is 17.5 Å². The van der Waals surface area contributed by atoms with Crippen LogP contribution >= 0.6 is 23.1 Å². The van der Waals surface area contributed by atoms with E-state index in [1.54, 1.807) is 12.1 Å². The number of thioether (sulfide) groups is 1. The lowest BCUT2D eigenvalue weighted by Crippen LogP contribution is -1.98. The van der Waals surface area contributed by atoms with Crippen molar-refractivity contribution in [3.05, 3.63) is 41.2 Å². The van der Waals surface area contributed by atoms with Crippen LogP contribution in [-0.4, -0.2) is 23.3 Å². The zero-order chi connectivity index (χ0) is 14.7. The van der Waals surface area contributed by atoms with Gasteiger partial charge in [0.05, 0.1) is 17.7 Å². The summed E-state index contributed by atoms with van der Waals surface area (Å²) < 4.78 is 15.5. The zero-order valence-electron chi connectivity index (χ0n) is 10.9. The van der Waals surface area contributed by atoms with Crippen molar-refractivity contribution >= 4 is 29.1 Å². The molecule has 0 bridgehead atoms. The molecule has 0 atom stereocenters. The van der Waals surface area contributed by atoms with Gasteiger partial charge in [0.1, 0.15) is 5.76 Å². The lowest BCUT2D eigenvalue weighted by molar-refractivity contribution is 0.0563. The first-order valence-electron chi connectivity index (χ1n) is 5.93. The molecule has 0 aliphatic rings. The average Bonchev–Trinajstić information content (AvgIpc) is 3.23. The minimum absolute atomic E-state index is 0.179. The third-order valence-electron chi connectivity index (χ3n) is 2.52. The highest BCUT2D eigenvalue weighted by Crippen LogP contribution is 2.28. The number of methoxy groups -OCH3 is 1. The van der Waals surface area contributed by atoms with E-state index >= 15 is 0 Å². The normalized spacial score (nSPS) is 10.7. The van der Waals surface area contributed by atoms with Crippen molar-refractivity contribution < 1.29 is 18.4 Å². The Hall–Kier alpha value is -2.06. The van der Waals surface area contributed by atoms with Gasteiger partial charge in [-0.25, -0.2) is 4.79 Å². The molecule has 0 aromatic carbocycles. The summed E-state index contributed by atoms with van der Waals surface area (Å²) in [5, 5.41) is 10.4. The number of aromatic nitrogens is 2. The number of carbonyl (C=O) groups is 1. The van der Waals surface area contributed by atoms with Gasteiger partial charge in [0, 0.05) is 0 Å². The van der Waals surface area contributed by atoms with E-state index in [-0.39, 0.29) is 5.76 Å². The minimum Gasteiger partial charge on any atom is -0.463 e. The van der Waals surface area contributed by atoms with E-state index in [9.17, 15) is 4.79 Å². The lowest BCUT2D eigenvalue weighted by Gasteiger charge is -1.94. The van der Waals surface area contributed by atoms with Gasteiger partial charge in [0.2, 0.25) is 5.76 Å². The molecule has 108 valence electrons. The van der Waals surface area contributed by atoms with Gasteiger partial charge < -0.3 is 13.6 Å². The fourth-order valence-corrected chi connectivity index (χ4v) is 2.87. The maximum absolute atomic E-state index is 11.3. The molecule has 3 rings (SSSR count). The summed E-state index contributed by atoms with van der Waals surface area (Å²) >= 11 is 2.88. The second-order valence-electron chi connectivity index (χ2n) is 3.90. The fraction of sp³-hybridized carbons (Fsp3) is 0.154. The molecule has 3 heterocycles. The summed E-state index contributed by atoms with van der Waals surface area (Å²) in [6.07, 6.45) is 0. The molecule has 0 fully saturated rings. The van der Waals surface area contributed by atoms with Crippen LogP contribution in [0.3, 0.4) is 0 Å². The van der Waals surface area contributed by atoms with Crippen molar-refractivity contribution in [1.82, 2.24) is 10.2 Å². The first-order valence-corrected chi connectivity index (χ1v) is 7.80. The van der Waals surface area contributed by atoms with E-state index in [2.05, 4.69) is 14.9 Å². The van der Waals surface area contributed by atoms with E-state index in [0.29, 0.717) is 22.6 Å². The SMILES string of the molecule is COC(=O)c1ccc(CSc2nnc(-c3cccs3)o2)o1. The number of thiophene rings is 1. The second-order valence-corrected chi connectivity index (χ2v) is 5.77. The summed E-state index contributed by atoms with van der Waals surface area (Å²) in [5.41, 5.74) is 0. The summed E-state index contributed by atoms with van der Waals surface area (Å²) in [6.45, 7) is 0. The van der Waals surface area contributed by atoms with Gasteiger partial charge >= 0.3 is 5.97 Å². The van der Waals surface area contributed by atoms with E-state index < -0.39 is 5.97 Å². The highest BCUT2D eigenvalue weighted by atomic mass is 32.2. The van der Waals surface area contributed by atoms with Crippen LogP contribution in [0.4, 0.5) is 0 Å². The topological polar surface area (TPSA) is 78.4 Å². The van der Waals surface area contributed by atoms with Gasteiger partial charge in [0.15, 0.2) is 0 Å². The van der Waals surface area contributed by atoms with Crippen molar-refractivity contribution in [2.75, 3.05) is 7.11 Å². The Morgan fingerprint density at radius 2 is 2.24 bits per heavy atom. The molecule has 0 N–H and O–H groups in total. The molecule has 8 heteroatoms. The Bertz CT molecular complexity index is 733. The monoisotopic (exact) mass is 322 g/mol. The minimum atomic E-state index is -0.496. The highest BCUT2D eigenvalue weighted by molar-refractivity contribution is 7.98. The molecule has 0 amide bonds. The fourth-order valence-electron chi connectivity index (χ4n) is 1.57. The van der Waals surface area contributed by atoms with Crippen LogP contribution < -0.4 is 0 Å². The number of ether oxygens (including phenoxy) is 1. The number of esters is 1. The third kappa shape index (κ3) is 3.17. The molecular formula is C13H10N2O4S2. The zero-order valence-corrected chi connectivity index (χ0v) is 12.6. The average molecular weight is 322 g/mol. The van der Waals surface area contributed by atoms with Crippen LogP contribution in [0.5, 0.6) is 0 Å². The smallest absolute Gasteiger partial charge is 0.373 e. The molecule has 0 aliphatic carbocycles. The summed E-state index contributed by atoms with van der Waals surface area (Å²) in [4.78, 5) is 12.2. The Morgan fingerprint density at radius 3 is 3.00 bits per heavy atom. The van der Waals surface area contributed by atoms with Crippen LogP contribution in [0.15, 0.2) is 43.7 Å². The first kappa shape index (κ1) is 13.9. The molecular weight excluding hydrogens is 312 g/mol. The Labute approximate surface area is 128 Å². The Kier molecular flexibility index (Phi) is 4.07. The van der Waals surface area contributed by atoms with E-state index in [1.165, 1.54) is 30.2 Å². The molecule has 3 aromatic rings. The molecule has 0 unspecified atom stereocenters. The molecule has 0 aliphatic heterocycles. The van der Waals surface area contributed by atoms with Gasteiger partial charge in [-0.3, -0.25) is 0 Å². The standard InChI is InChI=1S/C13H10N2O4S2/c1-17-12(16)9-5-4-8(18-9)7-21-13-15-14-11(19-13)10-3-2-6-20-10/h2-6H,7H2,1H3. The number of furan rings is 1. The van der Waals surface area contributed by atoms with E-state index in [4.69, 9.17) is 8.83 Å². The van der Waals surface area contributed by atoms with Crippen molar-refractivity contribution in [3.63, 3.8) is 0 Å². The van der Waals surface area contributed by atoms with Gasteiger partial charge in [0.25, 0.3) is 11.1 Å². The van der Waals surface area contributed by atoms with Crippen molar-refractivity contribution in [2.24, 2.45) is 0 Å². The van der Waals surface area contributed by atoms with Crippen LogP contribution in [0.2, 0.25) is 0 Å². The summed E-state index contributed by atoms with van der Waals surface area (Å²) in [6, 6.07) is 7.14. The maximum atomic E-state index is 11.3. The summed E-state index contributed by atoms with van der Waals surface area (Å²) in [5.74, 6) is 1.31. The summed E-state index contributed by atoms with van der Waals surface area (Å²) in [7, 11) is 1.31. The highest BCUT2D eigenvalue weighted by Gasteiger charge is 2.13. The van der Waals surface area contributed by atoms with Gasteiger partial charge in [-0.2, -0.15) is 0 Å². The molecule has 6 nitrogen and oxygen atoms in total. The predicted octanol–water partition coefficient (Wildman–Crippen LogP) is 3.47. The van der Waals surface area contributed by atoms with Gasteiger partial charge in [-0.15, -0.1) is 21.5 Å². The number of hydrogen-bond acceptors (Lipinski definition) is 8. The molecule has 21 heavy (non-hydrogen) atoms. The predicted molar refractivity (Wildman–Crippen MR) is 77.2 cm³/mol. The maximum Gasteiger partial charge on any atom is 0.373 e. The van der Waals surface area contributed by atoms with Crippen molar-refractivity contribution in [2.45, 2.75) is 11.0 Å². The van der Waals surface area contributed by atoms with Gasteiger partial charge in [-0.05, 0) is 23.6 Å². The first-order chi connectivity index (χ1) is 10.3.